The van der Waals surface area contributed by atoms with Gasteiger partial charge in [-0.2, -0.15) is 0 Å². The van der Waals surface area contributed by atoms with Gasteiger partial charge in [-0.25, -0.2) is 4.98 Å². The van der Waals surface area contributed by atoms with Gasteiger partial charge in [-0.05, 0) is 50.3 Å². The van der Waals surface area contributed by atoms with Crippen molar-refractivity contribution in [3.05, 3.63) is 36.2 Å². The third-order valence-electron chi connectivity index (χ3n) is 4.02. The molecule has 2 aromatic rings. The van der Waals surface area contributed by atoms with Gasteiger partial charge >= 0.3 is 0 Å². The van der Waals surface area contributed by atoms with E-state index in [-0.39, 0.29) is 5.91 Å². The van der Waals surface area contributed by atoms with E-state index in [2.05, 4.69) is 10.3 Å². The summed E-state index contributed by atoms with van der Waals surface area (Å²) >= 11 is 0. The summed E-state index contributed by atoms with van der Waals surface area (Å²) in [5, 5.41) is 13.2. The number of hydrogen-bond acceptors (Lipinski definition) is 4. The fourth-order valence-electron chi connectivity index (χ4n) is 2.68. The van der Waals surface area contributed by atoms with E-state index >= 15 is 0 Å². The zero-order chi connectivity index (χ0) is 14.9. The molecule has 0 radical (unpaired) electrons. The second-order valence-corrected chi connectivity index (χ2v) is 5.56. The number of hydrogen-bond donors (Lipinski definition) is 2. The lowest BCUT2D eigenvalue weighted by Crippen LogP contribution is -2.40. The first-order valence-corrected chi connectivity index (χ1v) is 7.13. The summed E-state index contributed by atoms with van der Waals surface area (Å²) < 4.78 is 5.27. The Hall–Kier alpha value is -2.14. The van der Waals surface area contributed by atoms with Crippen molar-refractivity contribution in [2.75, 3.05) is 5.32 Å². The van der Waals surface area contributed by atoms with Gasteiger partial charge in [-0.15, -0.1) is 0 Å². The Morgan fingerprint density at radius 3 is 2.81 bits per heavy atom. The number of oxazole rings is 1. The van der Waals surface area contributed by atoms with Crippen molar-refractivity contribution >= 4 is 11.6 Å². The molecule has 0 saturated heterocycles. The number of aliphatic hydroxyl groups is 1. The average Bonchev–Trinajstić information content (AvgIpc) is 3.13. The summed E-state index contributed by atoms with van der Waals surface area (Å²) in [5.41, 5.74) is 1.17. The number of anilines is 1. The molecule has 5 heteroatoms. The second-order valence-electron chi connectivity index (χ2n) is 5.56. The van der Waals surface area contributed by atoms with Gasteiger partial charge in [-0.3, -0.25) is 4.79 Å². The maximum Gasteiger partial charge on any atom is 0.256 e. The minimum absolute atomic E-state index is 0.326. The van der Waals surface area contributed by atoms with Crippen LogP contribution in [0.3, 0.4) is 0 Å². The van der Waals surface area contributed by atoms with Crippen molar-refractivity contribution < 1.29 is 14.3 Å². The molecule has 0 aliphatic heterocycles. The van der Waals surface area contributed by atoms with Crippen molar-refractivity contribution in [2.45, 2.75) is 38.2 Å². The van der Waals surface area contributed by atoms with Crippen LogP contribution >= 0.6 is 0 Å². The van der Waals surface area contributed by atoms with Crippen molar-refractivity contribution in [3.63, 3.8) is 0 Å². The normalized spacial score (nSPS) is 16.9. The van der Waals surface area contributed by atoms with Crippen LogP contribution < -0.4 is 5.32 Å². The Kier molecular flexibility index (Phi) is 3.51. The summed E-state index contributed by atoms with van der Waals surface area (Å²) in [6, 6.07) is 5.60. The minimum Gasteiger partial charge on any atom is -0.445 e. The molecule has 1 heterocycles. The van der Waals surface area contributed by atoms with Crippen LogP contribution in [0.2, 0.25) is 0 Å². The number of amides is 1. The third kappa shape index (κ3) is 2.69. The largest absolute Gasteiger partial charge is 0.445 e. The lowest BCUT2D eigenvalue weighted by molar-refractivity contribution is -0.133. The molecule has 2 N–H and O–H groups in total. The highest BCUT2D eigenvalue weighted by Crippen LogP contribution is 2.31. The summed E-state index contributed by atoms with van der Waals surface area (Å²) in [5.74, 6) is 0.178. The Labute approximate surface area is 123 Å². The Morgan fingerprint density at radius 1 is 1.38 bits per heavy atom. The summed E-state index contributed by atoms with van der Waals surface area (Å²) in [6.07, 6.45) is 5.91. The monoisotopic (exact) mass is 286 g/mol. The van der Waals surface area contributed by atoms with Crippen LogP contribution in [0.5, 0.6) is 0 Å². The van der Waals surface area contributed by atoms with Crippen molar-refractivity contribution in [3.8, 4) is 11.5 Å². The second kappa shape index (κ2) is 5.33. The molecular weight excluding hydrogens is 268 g/mol. The molecular formula is C16H18N2O3. The first-order valence-electron chi connectivity index (χ1n) is 7.13. The summed E-state index contributed by atoms with van der Waals surface area (Å²) in [7, 11) is 0. The molecule has 21 heavy (non-hydrogen) atoms. The SMILES string of the molecule is Cc1ccc(-c2ncco2)cc1NC(=O)C1(O)CCCC1. The standard InChI is InChI=1S/C16H18N2O3/c1-11-4-5-12(14-17-8-9-21-14)10-13(11)18-15(19)16(20)6-2-3-7-16/h4-5,8-10,20H,2-3,6-7H2,1H3,(H,18,19). The van der Waals surface area contributed by atoms with Gasteiger partial charge < -0.3 is 14.8 Å². The zero-order valence-electron chi connectivity index (χ0n) is 11.9. The number of carbonyl (C=O) groups excluding carboxylic acids is 1. The van der Waals surface area contributed by atoms with Crippen LogP contribution in [0.15, 0.2) is 35.1 Å². The number of nitrogens with one attached hydrogen (secondary N) is 1. The van der Waals surface area contributed by atoms with Gasteiger partial charge in [0.1, 0.15) is 11.9 Å². The number of nitrogens with zero attached hydrogens (tertiary/aromatic N) is 1. The highest BCUT2D eigenvalue weighted by molar-refractivity contribution is 5.98. The van der Waals surface area contributed by atoms with Crippen molar-refractivity contribution in [1.29, 1.82) is 0 Å². The molecule has 1 aromatic carbocycles. The van der Waals surface area contributed by atoms with Crippen LogP contribution in [0.4, 0.5) is 5.69 Å². The average molecular weight is 286 g/mol. The van der Waals surface area contributed by atoms with Crippen LogP contribution in [0.1, 0.15) is 31.2 Å². The van der Waals surface area contributed by atoms with Gasteiger partial charge in [0.2, 0.25) is 5.89 Å². The third-order valence-corrected chi connectivity index (χ3v) is 4.02. The molecule has 110 valence electrons. The number of aryl methyl sites for hydroxylation is 1. The summed E-state index contributed by atoms with van der Waals surface area (Å²) in [4.78, 5) is 16.4. The molecule has 5 nitrogen and oxygen atoms in total. The van der Waals surface area contributed by atoms with E-state index in [9.17, 15) is 9.90 Å². The van der Waals surface area contributed by atoms with Gasteiger partial charge in [-0.1, -0.05) is 6.07 Å². The quantitative estimate of drug-likeness (QED) is 0.909. The zero-order valence-corrected chi connectivity index (χ0v) is 11.9. The Morgan fingerprint density at radius 2 is 2.14 bits per heavy atom. The molecule has 1 amide bonds. The molecule has 1 fully saturated rings. The van der Waals surface area contributed by atoms with E-state index in [0.717, 1.165) is 24.0 Å². The molecule has 1 aliphatic rings. The first-order chi connectivity index (χ1) is 10.1. The Bertz CT molecular complexity index is 644. The van der Waals surface area contributed by atoms with Crippen molar-refractivity contribution in [1.82, 2.24) is 4.98 Å². The fraction of sp³-hybridized carbons (Fsp3) is 0.375. The van der Waals surface area contributed by atoms with Crippen molar-refractivity contribution in [2.24, 2.45) is 0 Å². The maximum atomic E-state index is 12.3. The smallest absolute Gasteiger partial charge is 0.256 e. The van der Waals surface area contributed by atoms with E-state index in [1.165, 1.54) is 6.26 Å². The van der Waals surface area contributed by atoms with Crippen LogP contribution in [0.25, 0.3) is 11.5 Å². The number of aromatic nitrogens is 1. The number of benzene rings is 1. The van der Waals surface area contributed by atoms with Gasteiger partial charge in [0, 0.05) is 11.3 Å². The molecule has 1 aromatic heterocycles. The lowest BCUT2D eigenvalue weighted by Gasteiger charge is -2.21. The van der Waals surface area contributed by atoms with Gasteiger partial charge in [0.25, 0.3) is 5.91 Å². The predicted octanol–water partition coefficient (Wildman–Crippen LogP) is 2.89. The molecule has 1 saturated carbocycles. The number of carbonyl (C=O) groups is 1. The van der Waals surface area contributed by atoms with Crippen LogP contribution in [-0.2, 0) is 4.79 Å². The van der Waals surface area contributed by atoms with E-state index in [1.54, 1.807) is 6.20 Å². The maximum absolute atomic E-state index is 12.3. The lowest BCUT2D eigenvalue weighted by atomic mass is 10.0. The highest BCUT2D eigenvalue weighted by Gasteiger charge is 2.38. The Balaban J connectivity index is 1.85. The number of rotatable bonds is 3. The highest BCUT2D eigenvalue weighted by atomic mass is 16.3. The molecule has 3 rings (SSSR count). The van der Waals surface area contributed by atoms with Gasteiger partial charge in [0.15, 0.2) is 0 Å². The molecule has 0 bridgehead atoms. The van der Waals surface area contributed by atoms with E-state index in [4.69, 9.17) is 4.42 Å². The van der Waals surface area contributed by atoms with E-state index in [1.807, 2.05) is 25.1 Å². The van der Waals surface area contributed by atoms with E-state index in [0.29, 0.717) is 24.4 Å². The van der Waals surface area contributed by atoms with Crippen LogP contribution in [0, 0.1) is 6.92 Å². The minimum atomic E-state index is -1.23. The molecule has 0 unspecified atom stereocenters. The van der Waals surface area contributed by atoms with E-state index < -0.39 is 5.60 Å². The molecule has 1 aliphatic carbocycles. The first kappa shape index (κ1) is 13.8. The van der Waals surface area contributed by atoms with Gasteiger partial charge in [0.05, 0.1) is 6.20 Å². The molecule has 0 atom stereocenters. The summed E-state index contributed by atoms with van der Waals surface area (Å²) in [6.45, 7) is 1.91. The molecule has 0 spiro atoms. The predicted molar refractivity (Wildman–Crippen MR) is 78.7 cm³/mol. The fourth-order valence-corrected chi connectivity index (χ4v) is 2.68. The topological polar surface area (TPSA) is 75.4 Å². The van der Waals surface area contributed by atoms with Crippen LogP contribution in [-0.4, -0.2) is 21.6 Å².